The number of anilines is 1. The van der Waals surface area contributed by atoms with Crippen molar-refractivity contribution in [3.05, 3.63) is 71.3 Å². The molecule has 1 amide bonds. The van der Waals surface area contributed by atoms with Crippen molar-refractivity contribution in [3.63, 3.8) is 0 Å². The number of benzene rings is 2. The molecule has 1 atom stereocenters. The molecule has 142 valence electrons. The highest BCUT2D eigenvalue weighted by Gasteiger charge is 2.34. The Kier molecular flexibility index (Phi) is 8.20. The molecule has 2 rings (SSSR count). The first-order valence-electron chi connectivity index (χ1n) is 7.68. The lowest BCUT2D eigenvalue weighted by Crippen LogP contribution is -2.55. The molecule has 2 aromatic carbocycles. The van der Waals surface area contributed by atoms with Gasteiger partial charge in [0, 0.05) is 6.08 Å². The lowest BCUT2D eigenvalue weighted by atomic mass is 10.2. The molecule has 0 saturated heterocycles. The summed E-state index contributed by atoms with van der Waals surface area (Å²) in [6.45, 7) is 0. The highest BCUT2D eigenvalue weighted by Crippen LogP contribution is 2.29. The molecule has 3 N–H and O–H groups in total. The molecule has 2 aromatic rings. The van der Waals surface area contributed by atoms with E-state index in [0.29, 0.717) is 10.7 Å². The summed E-state index contributed by atoms with van der Waals surface area (Å²) in [7, 11) is 0. The maximum atomic E-state index is 12.2. The van der Waals surface area contributed by atoms with E-state index in [9.17, 15) is 4.79 Å². The lowest BCUT2D eigenvalue weighted by Gasteiger charge is -2.27. The predicted molar refractivity (Wildman–Crippen MR) is 119 cm³/mol. The van der Waals surface area contributed by atoms with Crippen molar-refractivity contribution in [3.8, 4) is 0 Å². The second kappa shape index (κ2) is 10.2. The van der Waals surface area contributed by atoms with Gasteiger partial charge in [-0.1, -0.05) is 88.9 Å². The smallest absolute Gasteiger partial charge is 0.245 e. The van der Waals surface area contributed by atoms with Crippen LogP contribution in [-0.4, -0.2) is 21.0 Å². The minimum absolute atomic E-state index is 0.131. The third-order valence-electron chi connectivity index (χ3n) is 3.24. The zero-order valence-electron chi connectivity index (χ0n) is 13.8. The fraction of sp³-hybridized carbons (Fsp3) is 0.111. The molecule has 0 radical (unpaired) electrons. The van der Waals surface area contributed by atoms with Gasteiger partial charge in [-0.2, -0.15) is 0 Å². The van der Waals surface area contributed by atoms with Crippen LogP contribution in [0.25, 0.3) is 6.08 Å². The number of hydrogen-bond donors (Lipinski definition) is 3. The number of amides is 1. The molecule has 0 unspecified atom stereocenters. The van der Waals surface area contributed by atoms with Crippen LogP contribution in [0.4, 0.5) is 5.69 Å². The first-order chi connectivity index (χ1) is 12.8. The van der Waals surface area contributed by atoms with Crippen molar-refractivity contribution in [2.45, 2.75) is 9.96 Å². The summed E-state index contributed by atoms with van der Waals surface area (Å²) in [5.41, 5.74) is 1.44. The normalized spacial score (nSPS) is 12.4. The van der Waals surface area contributed by atoms with Gasteiger partial charge in [-0.05, 0) is 36.0 Å². The van der Waals surface area contributed by atoms with Gasteiger partial charge >= 0.3 is 0 Å². The van der Waals surface area contributed by atoms with Gasteiger partial charge < -0.3 is 16.0 Å². The number of halogens is 4. The summed E-state index contributed by atoms with van der Waals surface area (Å²) in [4.78, 5) is 12.2. The van der Waals surface area contributed by atoms with Gasteiger partial charge in [0.2, 0.25) is 9.70 Å². The Hall–Kier alpha value is -1.50. The molecule has 9 heteroatoms. The summed E-state index contributed by atoms with van der Waals surface area (Å²) < 4.78 is -1.84. The first-order valence-corrected chi connectivity index (χ1v) is 9.60. The van der Waals surface area contributed by atoms with E-state index in [1.165, 1.54) is 6.08 Å². The summed E-state index contributed by atoms with van der Waals surface area (Å²) in [6.07, 6.45) is 1.91. The molecular weight excluding hydrogens is 448 g/mol. The number of nitrogens with one attached hydrogen (secondary N) is 3. The van der Waals surface area contributed by atoms with Gasteiger partial charge in [0.15, 0.2) is 5.11 Å². The first kappa shape index (κ1) is 21.8. The van der Waals surface area contributed by atoms with Crippen LogP contribution in [0.1, 0.15) is 5.56 Å². The number of hydrogen-bond acceptors (Lipinski definition) is 2. The van der Waals surface area contributed by atoms with Crippen molar-refractivity contribution in [2.24, 2.45) is 0 Å². The van der Waals surface area contributed by atoms with E-state index in [1.807, 2.05) is 30.3 Å². The minimum atomic E-state index is -1.84. The minimum Gasteiger partial charge on any atom is -0.339 e. The number of thiocarbonyl (C=S) groups is 1. The van der Waals surface area contributed by atoms with Crippen LogP contribution in [0, 0.1) is 0 Å². The Morgan fingerprint density at radius 3 is 2.26 bits per heavy atom. The molecule has 0 saturated carbocycles. The molecule has 27 heavy (non-hydrogen) atoms. The molecular formula is C18H15Cl4N3OS. The van der Waals surface area contributed by atoms with E-state index in [4.69, 9.17) is 58.6 Å². The number of carbonyl (C=O) groups excluding carboxylic acids is 1. The lowest BCUT2D eigenvalue weighted by molar-refractivity contribution is -0.117. The summed E-state index contributed by atoms with van der Waals surface area (Å²) in [5, 5.41) is 8.82. The largest absolute Gasteiger partial charge is 0.339 e. The van der Waals surface area contributed by atoms with Crippen LogP contribution in [0.3, 0.4) is 0 Å². The fourth-order valence-electron chi connectivity index (χ4n) is 1.98. The van der Waals surface area contributed by atoms with E-state index in [1.54, 1.807) is 30.3 Å². The van der Waals surface area contributed by atoms with Crippen LogP contribution < -0.4 is 16.0 Å². The van der Waals surface area contributed by atoms with Crippen LogP contribution in [0.2, 0.25) is 5.02 Å². The molecule has 0 bridgehead atoms. The Morgan fingerprint density at radius 2 is 1.63 bits per heavy atom. The Labute approximate surface area is 182 Å². The van der Waals surface area contributed by atoms with Gasteiger partial charge in [-0.3, -0.25) is 4.79 Å². The number of alkyl halides is 3. The van der Waals surface area contributed by atoms with E-state index in [0.717, 1.165) is 5.56 Å². The zero-order chi connectivity index (χ0) is 19.9. The maximum absolute atomic E-state index is 12.2. The van der Waals surface area contributed by atoms with Crippen LogP contribution in [-0.2, 0) is 4.79 Å². The van der Waals surface area contributed by atoms with Gasteiger partial charge in [-0.15, -0.1) is 0 Å². The molecule has 0 fully saturated rings. The fourth-order valence-corrected chi connectivity index (χ4v) is 2.72. The van der Waals surface area contributed by atoms with Crippen LogP contribution >= 0.6 is 58.6 Å². The van der Waals surface area contributed by atoms with Gasteiger partial charge in [0.1, 0.15) is 6.17 Å². The zero-order valence-corrected chi connectivity index (χ0v) is 17.6. The third kappa shape index (κ3) is 7.56. The summed E-state index contributed by atoms with van der Waals surface area (Å²) in [5.74, 6) is -0.455. The summed E-state index contributed by atoms with van der Waals surface area (Å²) in [6, 6.07) is 16.3. The molecule has 4 nitrogen and oxygen atoms in total. The highest BCUT2D eigenvalue weighted by molar-refractivity contribution is 7.80. The maximum Gasteiger partial charge on any atom is 0.245 e. The summed E-state index contributed by atoms with van der Waals surface area (Å²) >= 11 is 29.1. The highest BCUT2D eigenvalue weighted by atomic mass is 35.6. The van der Waals surface area contributed by atoms with Crippen molar-refractivity contribution in [2.75, 3.05) is 5.32 Å². The quantitative estimate of drug-likeness (QED) is 0.249. The Balaban J connectivity index is 2.00. The van der Waals surface area contributed by atoms with Crippen molar-refractivity contribution in [1.29, 1.82) is 0 Å². The van der Waals surface area contributed by atoms with Crippen molar-refractivity contribution < 1.29 is 4.79 Å². The molecule has 0 aliphatic carbocycles. The average Bonchev–Trinajstić information content (AvgIpc) is 2.61. The van der Waals surface area contributed by atoms with Gasteiger partial charge in [0.05, 0.1) is 10.7 Å². The number of para-hydroxylation sites is 1. The SMILES string of the molecule is O=C(/C=C\c1ccccc1)N[C@@H](NC(=S)Nc1ccccc1Cl)C(Cl)(Cl)Cl. The van der Waals surface area contributed by atoms with E-state index in [-0.39, 0.29) is 5.11 Å². The topological polar surface area (TPSA) is 53.2 Å². The predicted octanol–water partition coefficient (Wildman–Crippen LogP) is 5.15. The van der Waals surface area contributed by atoms with Crippen molar-refractivity contribution in [1.82, 2.24) is 10.6 Å². The second-order valence-electron chi connectivity index (χ2n) is 5.31. The standard InChI is InChI=1S/C18H15Cl4N3OS/c19-13-8-4-5-9-14(13)23-17(27)25-16(18(20,21)22)24-15(26)11-10-12-6-2-1-3-7-12/h1-11,16H,(H,24,26)(H2,23,25,27)/b11-10-/t16-/m0/s1. The number of rotatable bonds is 5. The second-order valence-corrected chi connectivity index (χ2v) is 8.49. The van der Waals surface area contributed by atoms with E-state index < -0.39 is 15.9 Å². The third-order valence-corrected chi connectivity index (χ3v) is 4.44. The Bertz CT molecular complexity index is 825. The molecule has 0 aliphatic heterocycles. The molecule has 0 spiro atoms. The molecule has 0 aliphatic rings. The van der Waals surface area contributed by atoms with Crippen LogP contribution in [0.15, 0.2) is 60.7 Å². The average molecular weight is 463 g/mol. The van der Waals surface area contributed by atoms with Crippen molar-refractivity contribution >= 4 is 81.4 Å². The molecule has 0 aromatic heterocycles. The van der Waals surface area contributed by atoms with E-state index in [2.05, 4.69) is 16.0 Å². The van der Waals surface area contributed by atoms with E-state index >= 15 is 0 Å². The van der Waals surface area contributed by atoms with Gasteiger partial charge in [-0.25, -0.2) is 0 Å². The molecule has 0 heterocycles. The van der Waals surface area contributed by atoms with Gasteiger partial charge in [0.25, 0.3) is 0 Å². The number of carbonyl (C=O) groups is 1. The Morgan fingerprint density at radius 1 is 1.00 bits per heavy atom. The van der Waals surface area contributed by atoms with Crippen LogP contribution in [0.5, 0.6) is 0 Å². The monoisotopic (exact) mass is 461 g/mol.